The summed E-state index contributed by atoms with van der Waals surface area (Å²) in [6, 6.07) is 0. The van der Waals surface area contributed by atoms with Crippen molar-refractivity contribution in [3.8, 4) is 11.4 Å². The fraction of sp³-hybridized carbons (Fsp3) is 0.125. The van der Waals surface area contributed by atoms with E-state index in [0.717, 1.165) is 16.4 Å². The van der Waals surface area contributed by atoms with Gasteiger partial charge >= 0.3 is 0 Å². The highest BCUT2D eigenvalue weighted by molar-refractivity contribution is 7.13. The van der Waals surface area contributed by atoms with Crippen molar-refractivity contribution in [2.24, 2.45) is 22.2 Å². The third kappa shape index (κ3) is 4.07. The molecule has 0 aliphatic heterocycles. The molecule has 6 N–H and O–H groups in total. The van der Waals surface area contributed by atoms with Crippen molar-refractivity contribution in [1.29, 1.82) is 0 Å². The fourth-order valence-corrected chi connectivity index (χ4v) is 2.43. The minimum absolute atomic E-state index is 0. The Morgan fingerprint density at radius 1 is 1.11 bits per heavy atom. The summed E-state index contributed by atoms with van der Waals surface area (Å²) in [7, 11) is 0. The number of halogens is 2. The third-order valence-corrected chi connectivity index (χ3v) is 3.31. The van der Waals surface area contributed by atoms with E-state index in [1.807, 2.05) is 10.8 Å². The molecule has 10 heteroatoms. The zero-order valence-corrected chi connectivity index (χ0v) is 12.3. The molecule has 0 saturated carbocycles. The molecule has 0 aliphatic rings. The van der Waals surface area contributed by atoms with Crippen LogP contribution >= 0.6 is 47.5 Å². The topological polar surface area (TPSA) is 116 Å². The Morgan fingerprint density at radius 3 is 2.28 bits per heavy atom. The van der Waals surface area contributed by atoms with Crippen molar-refractivity contribution in [2.75, 3.05) is 0 Å². The molecule has 0 radical (unpaired) electrons. The van der Waals surface area contributed by atoms with Gasteiger partial charge in [-0.05, 0) is 0 Å². The van der Waals surface area contributed by atoms with E-state index in [-0.39, 0.29) is 30.8 Å². The van der Waals surface area contributed by atoms with Gasteiger partial charge in [0.1, 0.15) is 16.4 Å². The van der Waals surface area contributed by atoms with Gasteiger partial charge in [-0.2, -0.15) is 4.99 Å². The number of hydrogen-bond donors (Lipinski definition) is 3. The van der Waals surface area contributed by atoms with Gasteiger partial charge in [-0.25, -0.2) is 9.97 Å². The van der Waals surface area contributed by atoms with Crippen LogP contribution < -0.4 is 17.2 Å². The van der Waals surface area contributed by atoms with E-state index in [1.165, 1.54) is 22.7 Å². The Kier molecular flexibility index (Phi) is 7.11. The molecule has 0 amide bonds. The fourth-order valence-electron chi connectivity index (χ4n) is 1.07. The smallest absolute Gasteiger partial charge is 0.212 e. The van der Waals surface area contributed by atoms with Crippen molar-refractivity contribution in [3.05, 3.63) is 15.8 Å². The number of thiazole rings is 2. The SMILES string of the molecule is Cl.Cl.NCc1nc(-c2csc(N=C(N)N)n2)cs1. The van der Waals surface area contributed by atoms with E-state index in [4.69, 9.17) is 17.2 Å². The lowest BCUT2D eigenvalue weighted by Crippen LogP contribution is -2.21. The number of hydrogen-bond acceptors (Lipinski definition) is 6. The van der Waals surface area contributed by atoms with Crippen LogP contribution in [-0.2, 0) is 6.54 Å². The highest BCUT2D eigenvalue weighted by atomic mass is 35.5. The molecule has 0 aliphatic carbocycles. The molecule has 2 aromatic rings. The second-order valence-electron chi connectivity index (χ2n) is 2.88. The molecule has 100 valence electrons. The Bertz CT molecular complexity index is 519. The summed E-state index contributed by atoms with van der Waals surface area (Å²) in [6.45, 7) is 0.440. The predicted molar refractivity (Wildman–Crippen MR) is 81.1 cm³/mol. The molecule has 0 unspecified atom stereocenters. The number of guanidine groups is 1. The molecule has 18 heavy (non-hydrogen) atoms. The van der Waals surface area contributed by atoms with E-state index < -0.39 is 0 Å². The molecule has 2 rings (SSSR count). The van der Waals surface area contributed by atoms with Crippen molar-refractivity contribution in [2.45, 2.75) is 6.54 Å². The average Bonchev–Trinajstić information content (AvgIpc) is 2.83. The largest absolute Gasteiger partial charge is 0.370 e. The molecule has 0 aromatic carbocycles. The molecular weight excluding hydrogens is 315 g/mol. The monoisotopic (exact) mass is 326 g/mol. The van der Waals surface area contributed by atoms with Crippen LogP contribution in [0.15, 0.2) is 15.8 Å². The number of nitrogens with zero attached hydrogens (tertiary/aromatic N) is 3. The maximum absolute atomic E-state index is 5.49. The zero-order valence-electron chi connectivity index (χ0n) is 9.07. The van der Waals surface area contributed by atoms with Crippen molar-refractivity contribution < 1.29 is 0 Å². The number of rotatable bonds is 3. The maximum Gasteiger partial charge on any atom is 0.212 e. The second kappa shape index (κ2) is 7.49. The van der Waals surface area contributed by atoms with E-state index in [0.29, 0.717) is 11.7 Å². The normalized spacial score (nSPS) is 9.17. The van der Waals surface area contributed by atoms with Crippen molar-refractivity contribution in [3.63, 3.8) is 0 Å². The number of nitrogens with two attached hydrogens (primary N) is 3. The average molecular weight is 327 g/mol. The van der Waals surface area contributed by atoms with Gasteiger partial charge in [-0.1, -0.05) is 0 Å². The lowest BCUT2D eigenvalue weighted by molar-refractivity contribution is 1.04. The summed E-state index contributed by atoms with van der Waals surface area (Å²) in [6.07, 6.45) is 0. The molecule has 2 aromatic heterocycles. The zero-order chi connectivity index (χ0) is 11.5. The maximum atomic E-state index is 5.49. The van der Waals surface area contributed by atoms with Crippen LogP contribution in [0.25, 0.3) is 11.4 Å². The highest BCUT2D eigenvalue weighted by Gasteiger charge is 2.07. The van der Waals surface area contributed by atoms with E-state index in [2.05, 4.69) is 15.0 Å². The Balaban J connectivity index is 0.00000144. The van der Waals surface area contributed by atoms with Crippen LogP contribution in [0.1, 0.15) is 5.01 Å². The highest BCUT2D eigenvalue weighted by Crippen LogP contribution is 2.27. The van der Waals surface area contributed by atoms with Gasteiger partial charge in [0.2, 0.25) is 5.13 Å². The summed E-state index contributed by atoms with van der Waals surface area (Å²) in [4.78, 5) is 12.4. The minimum Gasteiger partial charge on any atom is -0.370 e. The van der Waals surface area contributed by atoms with Crippen LogP contribution in [0.5, 0.6) is 0 Å². The molecule has 0 atom stereocenters. The van der Waals surface area contributed by atoms with Gasteiger partial charge in [0.05, 0.1) is 0 Å². The lowest BCUT2D eigenvalue weighted by Gasteiger charge is -1.88. The molecule has 0 bridgehead atoms. The summed E-state index contributed by atoms with van der Waals surface area (Å²) in [5.41, 5.74) is 17.6. The molecule has 0 fully saturated rings. The third-order valence-electron chi connectivity index (χ3n) is 1.71. The summed E-state index contributed by atoms with van der Waals surface area (Å²) in [5, 5.41) is 5.18. The van der Waals surface area contributed by atoms with Crippen LogP contribution in [0.4, 0.5) is 5.13 Å². The minimum atomic E-state index is 0. The quantitative estimate of drug-likeness (QED) is 0.583. The summed E-state index contributed by atoms with van der Waals surface area (Å²) in [5.74, 6) is 0.00169. The summed E-state index contributed by atoms with van der Waals surface area (Å²) < 4.78 is 0. The van der Waals surface area contributed by atoms with E-state index >= 15 is 0 Å². The number of aliphatic imine (C=N–C) groups is 1. The van der Waals surface area contributed by atoms with E-state index in [9.17, 15) is 0 Å². The Hall–Kier alpha value is -0.930. The number of aromatic nitrogens is 2. The van der Waals surface area contributed by atoms with Gasteiger partial charge in [0, 0.05) is 17.3 Å². The van der Waals surface area contributed by atoms with E-state index in [1.54, 1.807) is 0 Å². The summed E-state index contributed by atoms with van der Waals surface area (Å²) >= 11 is 2.88. The van der Waals surface area contributed by atoms with Gasteiger partial charge < -0.3 is 17.2 Å². The van der Waals surface area contributed by atoms with Crippen LogP contribution in [0, 0.1) is 0 Å². The Labute approximate surface area is 124 Å². The first kappa shape index (κ1) is 17.1. The van der Waals surface area contributed by atoms with Crippen LogP contribution in [0.2, 0.25) is 0 Å². The van der Waals surface area contributed by atoms with Crippen molar-refractivity contribution >= 4 is 58.6 Å². The predicted octanol–water partition coefficient (Wildman–Crippen LogP) is 1.47. The van der Waals surface area contributed by atoms with Gasteiger partial charge in [0.15, 0.2) is 5.96 Å². The second-order valence-corrected chi connectivity index (χ2v) is 4.66. The van der Waals surface area contributed by atoms with Gasteiger partial charge in [-0.15, -0.1) is 47.5 Å². The molecule has 0 saturated heterocycles. The van der Waals surface area contributed by atoms with Crippen LogP contribution in [0.3, 0.4) is 0 Å². The first-order chi connectivity index (χ1) is 7.69. The van der Waals surface area contributed by atoms with Crippen molar-refractivity contribution in [1.82, 2.24) is 9.97 Å². The van der Waals surface area contributed by atoms with Gasteiger partial charge in [0.25, 0.3) is 0 Å². The lowest BCUT2D eigenvalue weighted by atomic mass is 10.4. The molecule has 2 heterocycles. The van der Waals surface area contributed by atoms with Gasteiger partial charge in [-0.3, -0.25) is 0 Å². The molecule has 6 nitrogen and oxygen atoms in total. The molecular formula is C8H12Cl2N6S2. The first-order valence-corrected chi connectivity index (χ1v) is 6.15. The van der Waals surface area contributed by atoms with Crippen LogP contribution in [-0.4, -0.2) is 15.9 Å². The molecule has 0 spiro atoms. The Morgan fingerprint density at radius 2 is 1.72 bits per heavy atom. The standard InChI is InChI=1S/C8H10N6S2.2ClH/c9-1-6-12-4(2-15-6)5-3-16-8(13-5)14-7(10)11;;/h2-3H,1,9H2,(H4,10,11,13,14);2*1H. The first-order valence-electron chi connectivity index (χ1n) is 4.39.